The van der Waals surface area contributed by atoms with E-state index in [0.717, 1.165) is 24.3 Å². The molecular formula is C36H8F6N8. The van der Waals surface area contributed by atoms with E-state index in [1.54, 1.807) is 24.3 Å². The van der Waals surface area contributed by atoms with Crippen LogP contribution in [-0.2, 0) is 12.4 Å². The van der Waals surface area contributed by atoms with Crippen molar-refractivity contribution in [3.8, 4) is 48.6 Å². The molecule has 0 bridgehead atoms. The van der Waals surface area contributed by atoms with Crippen LogP contribution in [0.1, 0.15) is 55.6 Å². The molecule has 8 nitrogen and oxygen atoms in total. The Morgan fingerprint density at radius 3 is 1.04 bits per heavy atom. The van der Waals surface area contributed by atoms with E-state index in [1.165, 1.54) is 24.3 Å². The fourth-order valence-corrected chi connectivity index (χ4v) is 5.88. The van der Waals surface area contributed by atoms with Crippen LogP contribution in [0.4, 0.5) is 26.3 Å². The first-order chi connectivity index (χ1) is 23.7. The Kier molecular flexibility index (Phi) is 8.07. The molecule has 14 heteroatoms. The Morgan fingerprint density at radius 1 is 0.440 bits per heavy atom. The summed E-state index contributed by atoms with van der Waals surface area (Å²) in [5.74, 6) is 0. The van der Waals surface area contributed by atoms with Crippen molar-refractivity contribution >= 4 is 33.4 Å². The minimum absolute atomic E-state index is 0.0917. The molecule has 0 radical (unpaired) electrons. The smallest absolute Gasteiger partial charge is 0.192 e. The molecule has 3 aromatic rings. The first kappa shape index (κ1) is 33.5. The first-order valence-corrected chi connectivity index (χ1v) is 13.6. The zero-order chi connectivity index (χ0) is 36.7. The number of hydrogen-bond donors (Lipinski definition) is 0. The van der Waals surface area contributed by atoms with Crippen LogP contribution in [0, 0.1) is 90.6 Å². The van der Waals surface area contributed by atoms with Crippen LogP contribution in [0.5, 0.6) is 0 Å². The van der Waals surface area contributed by atoms with Crippen LogP contribution in [0.15, 0.2) is 59.7 Å². The summed E-state index contributed by atoms with van der Waals surface area (Å²) in [4.78, 5) is 0. The minimum Gasteiger partial charge on any atom is -0.192 e. The van der Waals surface area contributed by atoms with Crippen LogP contribution >= 0.6 is 0 Å². The maximum atomic E-state index is 13.9. The predicted octanol–water partition coefficient (Wildman–Crippen LogP) is 7.97. The number of benzene rings is 3. The topological polar surface area (TPSA) is 190 Å². The third-order valence-electron chi connectivity index (χ3n) is 7.87. The van der Waals surface area contributed by atoms with Crippen molar-refractivity contribution in [2.24, 2.45) is 0 Å². The van der Waals surface area contributed by atoms with E-state index in [-0.39, 0.29) is 66.8 Å². The van der Waals surface area contributed by atoms with Gasteiger partial charge in [-0.1, -0.05) is 12.1 Å². The van der Waals surface area contributed by atoms with Gasteiger partial charge >= 0.3 is 12.4 Å². The van der Waals surface area contributed by atoms with Crippen molar-refractivity contribution < 1.29 is 26.3 Å². The highest BCUT2D eigenvalue weighted by molar-refractivity contribution is 6.29. The normalized spacial score (nSPS) is 13.0. The van der Waals surface area contributed by atoms with Crippen molar-refractivity contribution in [3.63, 3.8) is 0 Å². The van der Waals surface area contributed by atoms with Gasteiger partial charge in [0.1, 0.15) is 47.6 Å². The van der Waals surface area contributed by atoms with Gasteiger partial charge in [-0.15, -0.1) is 0 Å². The molecule has 2 aliphatic rings. The average molecular weight is 667 g/mol. The van der Waals surface area contributed by atoms with Gasteiger partial charge in [-0.25, -0.2) is 0 Å². The quantitative estimate of drug-likeness (QED) is 0.194. The van der Waals surface area contributed by atoms with E-state index in [9.17, 15) is 68.4 Å². The van der Waals surface area contributed by atoms with Crippen LogP contribution < -0.4 is 0 Å². The minimum atomic E-state index is -5.02. The highest BCUT2D eigenvalue weighted by Gasteiger charge is 2.40. The second-order valence-electron chi connectivity index (χ2n) is 10.4. The van der Waals surface area contributed by atoms with Crippen LogP contribution in [0.2, 0.25) is 0 Å². The summed E-state index contributed by atoms with van der Waals surface area (Å²) in [6.45, 7) is 0. The Balaban J connectivity index is 1.92. The second-order valence-corrected chi connectivity index (χ2v) is 10.4. The number of hydrogen-bond acceptors (Lipinski definition) is 8. The average Bonchev–Trinajstić information content (AvgIpc) is 3.58. The van der Waals surface area contributed by atoms with Gasteiger partial charge in [-0.2, -0.15) is 68.4 Å². The number of rotatable bonds is 2. The lowest BCUT2D eigenvalue weighted by Crippen LogP contribution is -2.08. The number of allylic oxidation sites excluding steroid dienone is 8. The summed E-state index contributed by atoms with van der Waals surface area (Å²) < 4.78 is 83.7. The molecule has 0 heterocycles. The van der Waals surface area contributed by atoms with Gasteiger partial charge in [0, 0.05) is 33.4 Å². The Morgan fingerprint density at radius 2 is 0.780 bits per heavy atom. The summed E-state index contributed by atoms with van der Waals surface area (Å²) >= 11 is 0. The van der Waals surface area contributed by atoms with Gasteiger partial charge in [0.25, 0.3) is 0 Å². The van der Waals surface area contributed by atoms with Crippen molar-refractivity contribution in [1.29, 1.82) is 42.1 Å². The van der Waals surface area contributed by atoms with E-state index < -0.39 is 45.8 Å². The predicted molar refractivity (Wildman–Crippen MR) is 160 cm³/mol. The van der Waals surface area contributed by atoms with E-state index >= 15 is 0 Å². The lowest BCUT2D eigenvalue weighted by Gasteiger charge is -2.13. The third-order valence-corrected chi connectivity index (χ3v) is 7.87. The second kappa shape index (κ2) is 12.0. The van der Waals surface area contributed by atoms with E-state index in [4.69, 9.17) is 0 Å². The van der Waals surface area contributed by atoms with E-state index in [2.05, 4.69) is 0 Å². The molecule has 234 valence electrons. The Bertz CT molecular complexity index is 2380. The van der Waals surface area contributed by atoms with Crippen LogP contribution in [-0.4, -0.2) is 0 Å². The molecule has 0 spiro atoms. The molecule has 0 saturated carbocycles. The SMILES string of the molecule is N#CC(C#N)=C1C(c2ccc(C#N)c(C(F)(F)F)c2)=C(C#N)c2cc3c(cc21)C(C#N)=C(c1ccc(C#N)c(C(F)(F)F)c1)C3=C(C#N)C#N. The molecule has 0 saturated heterocycles. The third kappa shape index (κ3) is 5.06. The largest absolute Gasteiger partial charge is 0.417 e. The summed E-state index contributed by atoms with van der Waals surface area (Å²) in [5.41, 5.74) is -8.46. The van der Waals surface area contributed by atoms with Gasteiger partial charge in [-0.05, 0) is 58.7 Å². The molecule has 0 amide bonds. The highest BCUT2D eigenvalue weighted by atomic mass is 19.4. The summed E-state index contributed by atoms with van der Waals surface area (Å²) in [6, 6.07) is 20.6. The molecule has 0 unspecified atom stereocenters. The van der Waals surface area contributed by atoms with Crippen LogP contribution in [0.3, 0.4) is 0 Å². The standard InChI is InChI=1S/C36H8F6N8/c37-35(38,39)29-5-17(1-3-19(29)9-43)31-27(15-49)23-7-26-24(8-25(23)33(31)21(11-45)12-46)28(16-50)32(34(26)22(13-47)14-48)18-2-4-20(10-44)30(6-18)36(40,41)42/h1-8H. The maximum Gasteiger partial charge on any atom is 0.417 e. The Hall–Kier alpha value is -7.88. The summed E-state index contributed by atoms with van der Waals surface area (Å²) in [7, 11) is 0. The van der Waals surface area contributed by atoms with Crippen molar-refractivity contribution in [1.82, 2.24) is 0 Å². The van der Waals surface area contributed by atoms with Gasteiger partial charge < -0.3 is 0 Å². The lowest BCUT2D eigenvalue weighted by atomic mass is 9.89. The van der Waals surface area contributed by atoms with Gasteiger partial charge in [0.05, 0.1) is 45.5 Å². The van der Waals surface area contributed by atoms with E-state index in [0.29, 0.717) is 12.1 Å². The molecule has 0 N–H and O–H groups in total. The molecule has 5 rings (SSSR count). The summed E-state index contributed by atoms with van der Waals surface area (Å²) in [6.07, 6.45) is -10.0. The molecule has 50 heavy (non-hydrogen) atoms. The molecule has 0 atom stereocenters. The lowest BCUT2D eigenvalue weighted by molar-refractivity contribution is -0.138. The van der Waals surface area contributed by atoms with Crippen LogP contribution in [0.25, 0.3) is 33.4 Å². The highest BCUT2D eigenvalue weighted by Crippen LogP contribution is 2.55. The van der Waals surface area contributed by atoms with Gasteiger partial charge in [0.2, 0.25) is 0 Å². The fraction of sp³-hybridized carbons (Fsp3) is 0.0556. The monoisotopic (exact) mass is 666 g/mol. The molecule has 3 aromatic carbocycles. The molecule has 0 aliphatic heterocycles. The summed E-state index contributed by atoms with van der Waals surface area (Å²) in [5, 5.41) is 78.7. The van der Waals surface area contributed by atoms with Crippen molar-refractivity contribution in [2.45, 2.75) is 12.4 Å². The van der Waals surface area contributed by atoms with Crippen molar-refractivity contribution in [3.05, 3.63) is 115 Å². The zero-order valence-corrected chi connectivity index (χ0v) is 24.5. The number of nitriles is 8. The molecular weight excluding hydrogens is 658 g/mol. The van der Waals surface area contributed by atoms with E-state index in [1.807, 2.05) is 12.1 Å². The van der Waals surface area contributed by atoms with Gasteiger partial charge in [-0.3, -0.25) is 0 Å². The fourth-order valence-electron chi connectivity index (χ4n) is 5.88. The Labute approximate surface area is 277 Å². The molecule has 0 fully saturated rings. The van der Waals surface area contributed by atoms with Crippen molar-refractivity contribution in [2.75, 3.05) is 0 Å². The van der Waals surface area contributed by atoms with Gasteiger partial charge in [0.15, 0.2) is 0 Å². The first-order valence-electron chi connectivity index (χ1n) is 13.6. The molecule has 2 aliphatic carbocycles. The zero-order valence-electron chi connectivity index (χ0n) is 24.5. The number of halogens is 6. The maximum absolute atomic E-state index is 13.9. The molecule has 0 aromatic heterocycles. The number of fused-ring (bicyclic) bond motifs is 2. The number of alkyl halides is 6. The number of nitrogens with zero attached hydrogens (tertiary/aromatic N) is 8.